The van der Waals surface area contributed by atoms with Crippen molar-refractivity contribution in [2.75, 3.05) is 13.2 Å². The molecule has 2 rings (SSSR count). The minimum Gasteiger partial charge on any atom is -0.350 e. The first kappa shape index (κ1) is 11.1. The molecule has 0 aromatic rings. The predicted molar refractivity (Wildman–Crippen MR) is 56.4 cm³/mol. The quantitative estimate of drug-likeness (QED) is 0.717. The summed E-state index contributed by atoms with van der Waals surface area (Å²) in [6.45, 7) is 7.38. The molecule has 15 heavy (non-hydrogen) atoms. The van der Waals surface area contributed by atoms with E-state index >= 15 is 0 Å². The maximum absolute atomic E-state index is 11.9. The number of rotatable bonds is 3. The Morgan fingerprint density at radius 1 is 1.40 bits per heavy atom. The Morgan fingerprint density at radius 2 is 2.07 bits per heavy atom. The summed E-state index contributed by atoms with van der Waals surface area (Å²) >= 11 is 0. The molecule has 0 saturated carbocycles. The smallest absolute Gasteiger partial charge is 0.168 e. The van der Waals surface area contributed by atoms with Crippen molar-refractivity contribution in [3.63, 3.8) is 0 Å². The second kappa shape index (κ2) is 3.87. The van der Waals surface area contributed by atoms with E-state index in [2.05, 4.69) is 6.92 Å². The van der Waals surface area contributed by atoms with Gasteiger partial charge in [-0.25, -0.2) is 0 Å². The highest BCUT2D eigenvalue weighted by Crippen LogP contribution is 2.45. The second-order valence-corrected chi connectivity index (χ2v) is 4.91. The van der Waals surface area contributed by atoms with Crippen molar-refractivity contribution in [1.29, 1.82) is 0 Å². The van der Waals surface area contributed by atoms with E-state index < -0.39 is 5.79 Å². The first-order valence-corrected chi connectivity index (χ1v) is 5.89. The van der Waals surface area contributed by atoms with Crippen molar-refractivity contribution in [2.45, 2.75) is 39.4 Å². The van der Waals surface area contributed by atoms with E-state index in [1.165, 1.54) is 0 Å². The molecule has 2 bridgehead atoms. The van der Waals surface area contributed by atoms with E-state index in [1.54, 1.807) is 0 Å². The average Bonchev–Trinajstić information content (AvgIpc) is 2.40. The lowest BCUT2D eigenvalue weighted by molar-refractivity contribution is -0.231. The van der Waals surface area contributed by atoms with Crippen molar-refractivity contribution < 1.29 is 14.3 Å². The highest BCUT2D eigenvalue weighted by atomic mass is 16.7. The van der Waals surface area contributed by atoms with E-state index in [1.807, 2.05) is 13.8 Å². The zero-order chi connectivity index (χ0) is 11.1. The molecule has 2 fully saturated rings. The van der Waals surface area contributed by atoms with Gasteiger partial charge in [0.25, 0.3) is 0 Å². The first-order chi connectivity index (χ1) is 7.08. The van der Waals surface area contributed by atoms with Crippen LogP contribution in [-0.2, 0) is 14.3 Å². The van der Waals surface area contributed by atoms with Crippen LogP contribution in [0.4, 0.5) is 0 Å². The van der Waals surface area contributed by atoms with Crippen LogP contribution in [0.5, 0.6) is 0 Å². The third-order valence-electron chi connectivity index (χ3n) is 4.01. The number of hydrogen-bond donors (Lipinski definition) is 0. The van der Waals surface area contributed by atoms with Gasteiger partial charge in [0.1, 0.15) is 5.78 Å². The van der Waals surface area contributed by atoms with Gasteiger partial charge in [0.05, 0.1) is 13.2 Å². The van der Waals surface area contributed by atoms with Crippen LogP contribution < -0.4 is 0 Å². The minimum atomic E-state index is -0.437. The summed E-state index contributed by atoms with van der Waals surface area (Å²) in [6.07, 6.45) is 1.60. The fourth-order valence-corrected chi connectivity index (χ4v) is 2.71. The maximum atomic E-state index is 11.9. The van der Waals surface area contributed by atoms with Crippen molar-refractivity contribution in [1.82, 2.24) is 0 Å². The van der Waals surface area contributed by atoms with Crippen LogP contribution in [0.2, 0.25) is 0 Å². The lowest BCUT2D eigenvalue weighted by Gasteiger charge is -2.38. The van der Waals surface area contributed by atoms with E-state index in [4.69, 9.17) is 9.47 Å². The molecule has 4 unspecified atom stereocenters. The molecule has 0 radical (unpaired) electrons. The number of hydrogen-bond acceptors (Lipinski definition) is 3. The zero-order valence-electron chi connectivity index (χ0n) is 9.79. The molecule has 0 N–H and O–H groups in total. The van der Waals surface area contributed by atoms with Gasteiger partial charge in [-0.2, -0.15) is 0 Å². The first-order valence-electron chi connectivity index (χ1n) is 5.89. The number of carbonyl (C=O) groups is 1. The van der Waals surface area contributed by atoms with E-state index in [0.29, 0.717) is 37.3 Å². The standard InChI is InChI=1S/C12H20O3/c1-4-5-11(13)10-7-15-12(3)8(2)9(10)6-14-12/h8-10H,4-7H2,1-3H3. The van der Waals surface area contributed by atoms with Crippen molar-refractivity contribution in [3.8, 4) is 0 Å². The molecule has 0 spiro atoms. The van der Waals surface area contributed by atoms with Crippen molar-refractivity contribution >= 4 is 5.78 Å². The molecule has 0 aromatic carbocycles. The van der Waals surface area contributed by atoms with Gasteiger partial charge in [-0.05, 0) is 13.3 Å². The summed E-state index contributed by atoms with van der Waals surface area (Å²) in [5, 5.41) is 0. The van der Waals surface area contributed by atoms with Gasteiger partial charge in [-0.15, -0.1) is 0 Å². The molecule has 2 heterocycles. The SMILES string of the molecule is CCCC(=O)C1COC2(C)OCC1C2C. The molecular formula is C12H20O3. The lowest BCUT2D eigenvalue weighted by Crippen LogP contribution is -2.45. The molecule has 0 amide bonds. The molecule has 2 aliphatic rings. The molecule has 0 aromatic heterocycles. The molecule has 86 valence electrons. The molecule has 2 saturated heterocycles. The third kappa shape index (κ3) is 1.72. The summed E-state index contributed by atoms with van der Waals surface area (Å²) in [6, 6.07) is 0. The van der Waals surface area contributed by atoms with Gasteiger partial charge in [-0.3, -0.25) is 4.79 Å². The molecule has 2 aliphatic heterocycles. The normalized spacial score (nSPS) is 44.3. The molecule has 3 heteroatoms. The van der Waals surface area contributed by atoms with Crippen LogP contribution in [0.15, 0.2) is 0 Å². The van der Waals surface area contributed by atoms with Crippen LogP contribution in [-0.4, -0.2) is 24.8 Å². The summed E-state index contributed by atoms with van der Waals surface area (Å²) in [5.41, 5.74) is 0. The maximum Gasteiger partial charge on any atom is 0.168 e. The number of carbonyl (C=O) groups excluding carboxylic acids is 1. The summed E-state index contributed by atoms with van der Waals surface area (Å²) in [7, 11) is 0. The Hall–Kier alpha value is -0.410. The van der Waals surface area contributed by atoms with E-state index in [-0.39, 0.29) is 5.92 Å². The molecule has 4 atom stereocenters. The Balaban J connectivity index is 2.09. The molecular weight excluding hydrogens is 192 g/mol. The van der Waals surface area contributed by atoms with Crippen LogP contribution in [0.25, 0.3) is 0 Å². The van der Waals surface area contributed by atoms with Gasteiger partial charge in [0.2, 0.25) is 0 Å². The zero-order valence-corrected chi connectivity index (χ0v) is 9.79. The van der Waals surface area contributed by atoms with E-state index in [9.17, 15) is 4.79 Å². The van der Waals surface area contributed by atoms with Crippen LogP contribution in [0.1, 0.15) is 33.6 Å². The van der Waals surface area contributed by atoms with Gasteiger partial charge >= 0.3 is 0 Å². The van der Waals surface area contributed by atoms with Gasteiger partial charge in [0.15, 0.2) is 5.79 Å². The molecule has 3 nitrogen and oxygen atoms in total. The fourth-order valence-electron chi connectivity index (χ4n) is 2.71. The number of ether oxygens (including phenoxy) is 2. The second-order valence-electron chi connectivity index (χ2n) is 4.91. The summed E-state index contributed by atoms with van der Waals surface area (Å²) in [4.78, 5) is 11.9. The number of ketones is 1. The highest BCUT2D eigenvalue weighted by molar-refractivity contribution is 5.81. The fraction of sp³-hybridized carbons (Fsp3) is 0.917. The Morgan fingerprint density at radius 3 is 2.73 bits per heavy atom. The summed E-state index contributed by atoms with van der Waals surface area (Å²) in [5.74, 6) is 0.672. The Bertz CT molecular complexity index is 264. The van der Waals surface area contributed by atoms with Gasteiger partial charge in [0, 0.05) is 24.2 Å². The Labute approximate surface area is 91.1 Å². The summed E-state index contributed by atoms with van der Waals surface area (Å²) < 4.78 is 11.4. The van der Waals surface area contributed by atoms with Crippen LogP contribution >= 0.6 is 0 Å². The van der Waals surface area contributed by atoms with Crippen molar-refractivity contribution in [2.24, 2.45) is 17.8 Å². The topological polar surface area (TPSA) is 35.5 Å². The largest absolute Gasteiger partial charge is 0.350 e. The molecule has 0 aliphatic carbocycles. The number of fused-ring (bicyclic) bond motifs is 2. The lowest BCUT2D eigenvalue weighted by atomic mass is 9.76. The van der Waals surface area contributed by atoms with E-state index in [0.717, 1.165) is 6.42 Å². The predicted octanol–water partition coefficient (Wildman–Crippen LogP) is 2.00. The minimum absolute atomic E-state index is 0.0653. The monoisotopic (exact) mass is 212 g/mol. The average molecular weight is 212 g/mol. The van der Waals surface area contributed by atoms with Crippen LogP contribution in [0.3, 0.4) is 0 Å². The van der Waals surface area contributed by atoms with Gasteiger partial charge < -0.3 is 9.47 Å². The highest BCUT2D eigenvalue weighted by Gasteiger charge is 2.53. The van der Waals surface area contributed by atoms with Gasteiger partial charge in [-0.1, -0.05) is 13.8 Å². The van der Waals surface area contributed by atoms with Crippen molar-refractivity contribution in [3.05, 3.63) is 0 Å². The third-order valence-corrected chi connectivity index (χ3v) is 4.01. The Kier molecular flexibility index (Phi) is 2.86. The van der Waals surface area contributed by atoms with Crippen LogP contribution in [0, 0.1) is 17.8 Å². The number of Topliss-reactive ketones (excluding diaryl/α,β-unsaturated/α-hetero) is 1.